The van der Waals surface area contributed by atoms with Crippen LogP contribution in [0.25, 0.3) is 11.5 Å². The van der Waals surface area contributed by atoms with Gasteiger partial charge in [0.15, 0.2) is 11.5 Å². The number of hydrogen-bond acceptors (Lipinski definition) is 6. The highest BCUT2D eigenvalue weighted by Gasteiger charge is 2.30. The van der Waals surface area contributed by atoms with Gasteiger partial charge in [-0.3, -0.25) is 4.79 Å². The molecule has 1 amide bonds. The Labute approximate surface area is 197 Å². The predicted molar refractivity (Wildman–Crippen MR) is 128 cm³/mol. The van der Waals surface area contributed by atoms with Gasteiger partial charge in [0, 0.05) is 36.6 Å². The third kappa shape index (κ3) is 3.86. The molecule has 9 heteroatoms. The summed E-state index contributed by atoms with van der Waals surface area (Å²) < 4.78 is 3.33. The van der Waals surface area contributed by atoms with E-state index in [1.54, 1.807) is 33.9 Å². The van der Waals surface area contributed by atoms with Crippen LogP contribution in [0.3, 0.4) is 0 Å². The van der Waals surface area contributed by atoms with Crippen molar-refractivity contribution in [1.82, 2.24) is 34.3 Å². The lowest BCUT2D eigenvalue weighted by Gasteiger charge is -2.41. The highest BCUT2D eigenvalue weighted by Crippen LogP contribution is 2.34. The van der Waals surface area contributed by atoms with Gasteiger partial charge < -0.3 is 10.2 Å². The molecule has 0 spiro atoms. The highest BCUT2D eigenvalue weighted by molar-refractivity contribution is 6.07. The van der Waals surface area contributed by atoms with E-state index >= 15 is 0 Å². The van der Waals surface area contributed by atoms with Crippen LogP contribution in [-0.4, -0.2) is 59.3 Å². The van der Waals surface area contributed by atoms with Crippen molar-refractivity contribution in [3.05, 3.63) is 65.9 Å². The SMILES string of the molecule is Cc1ccc(-n2nc(C3CCN(C4CCC4)CC3)cc2NC(=O)c2cnn3cccnc23)nc1. The Balaban J connectivity index is 1.29. The Morgan fingerprint density at radius 2 is 1.94 bits per heavy atom. The molecule has 0 unspecified atom stereocenters. The fourth-order valence-corrected chi connectivity index (χ4v) is 4.93. The maximum absolute atomic E-state index is 13.2. The standard InChI is InChI=1S/C25H28N8O/c1-17-6-7-22(27-15-17)33-23(29-25(34)20-16-28-32-11-3-10-26-24(20)32)14-21(30-33)18-8-12-31(13-9-18)19-4-2-5-19/h3,6-7,10-11,14-16,18-19H,2,4-5,8-9,12-13H2,1H3,(H,29,34). The number of pyridine rings is 1. The molecule has 34 heavy (non-hydrogen) atoms. The van der Waals surface area contributed by atoms with Crippen LogP contribution >= 0.6 is 0 Å². The van der Waals surface area contributed by atoms with Crippen LogP contribution in [0.15, 0.2) is 49.1 Å². The van der Waals surface area contributed by atoms with Crippen LogP contribution in [0.4, 0.5) is 5.82 Å². The Morgan fingerprint density at radius 1 is 1.09 bits per heavy atom. The van der Waals surface area contributed by atoms with Gasteiger partial charge in [-0.25, -0.2) is 14.5 Å². The summed E-state index contributed by atoms with van der Waals surface area (Å²) in [5.74, 6) is 1.38. The van der Waals surface area contributed by atoms with Crippen molar-refractivity contribution in [3.8, 4) is 5.82 Å². The summed E-state index contributed by atoms with van der Waals surface area (Å²) in [6, 6.07) is 8.49. The molecule has 2 fully saturated rings. The van der Waals surface area contributed by atoms with Crippen molar-refractivity contribution in [1.29, 1.82) is 0 Å². The molecule has 1 aliphatic heterocycles. The minimum atomic E-state index is -0.270. The van der Waals surface area contributed by atoms with E-state index in [0.29, 0.717) is 28.8 Å². The first kappa shape index (κ1) is 21.0. The summed E-state index contributed by atoms with van der Waals surface area (Å²) in [4.78, 5) is 24.7. The molecule has 1 saturated carbocycles. The Hall–Kier alpha value is -3.59. The summed E-state index contributed by atoms with van der Waals surface area (Å²) >= 11 is 0. The van der Waals surface area contributed by atoms with Crippen LogP contribution in [-0.2, 0) is 0 Å². The van der Waals surface area contributed by atoms with Gasteiger partial charge in [-0.2, -0.15) is 14.9 Å². The number of amides is 1. The van der Waals surface area contributed by atoms with Gasteiger partial charge in [-0.05, 0) is 63.4 Å². The summed E-state index contributed by atoms with van der Waals surface area (Å²) in [6.45, 7) is 4.23. The average Bonchev–Trinajstić information content (AvgIpc) is 3.44. The van der Waals surface area contributed by atoms with E-state index < -0.39 is 0 Å². The van der Waals surface area contributed by atoms with Gasteiger partial charge in [0.25, 0.3) is 5.91 Å². The molecule has 4 aromatic heterocycles. The third-order valence-corrected chi connectivity index (χ3v) is 7.15. The topological polar surface area (TPSA) is 93.2 Å². The van der Waals surface area contributed by atoms with Gasteiger partial charge in [-0.1, -0.05) is 12.5 Å². The van der Waals surface area contributed by atoms with Gasteiger partial charge in [0.05, 0.1) is 11.9 Å². The van der Waals surface area contributed by atoms with Crippen molar-refractivity contribution in [2.24, 2.45) is 0 Å². The van der Waals surface area contributed by atoms with Crippen molar-refractivity contribution in [2.75, 3.05) is 18.4 Å². The molecule has 6 rings (SSSR count). The summed E-state index contributed by atoms with van der Waals surface area (Å²) in [5, 5.41) is 12.2. The number of hydrogen-bond donors (Lipinski definition) is 1. The molecule has 4 aromatic rings. The maximum atomic E-state index is 13.2. The molecule has 0 atom stereocenters. The van der Waals surface area contributed by atoms with E-state index in [4.69, 9.17) is 5.10 Å². The highest BCUT2D eigenvalue weighted by atomic mass is 16.1. The number of aryl methyl sites for hydroxylation is 1. The molecular formula is C25H28N8O. The van der Waals surface area contributed by atoms with Gasteiger partial charge >= 0.3 is 0 Å². The van der Waals surface area contributed by atoms with Crippen molar-refractivity contribution in [2.45, 2.75) is 51.0 Å². The van der Waals surface area contributed by atoms with E-state index in [9.17, 15) is 4.79 Å². The van der Waals surface area contributed by atoms with E-state index in [1.165, 1.54) is 19.3 Å². The largest absolute Gasteiger partial charge is 0.306 e. The minimum Gasteiger partial charge on any atom is -0.306 e. The molecule has 1 saturated heterocycles. The smallest absolute Gasteiger partial charge is 0.262 e. The first-order valence-corrected chi connectivity index (χ1v) is 12.0. The van der Waals surface area contributed by atoms with E-state index in [2.05, 4.69) is 25.3 Å². The van der Waals surface area contributed by atoms with E-state index in [0.717, 1.165) is 43.2 Å². The van der Waals surface area contributed by atoms with Gasteiger partial charge in [0.2, 0.25) is 0 Å². The number of likely N-dealkylation sites (tertiary alicyclic amines) is 1. The first-order valence-electron chi connectivity index (χ1n) is 12.0. The molecule has 9 nitrogen and oxygen atoms in total. The average molecular weight is 457 g/mol. The van der Waals surface area contributed by atoms with E-state index in [-0.39, 0.29) is 5.91 Å². The Morgan fingerprint density at radius 3 is 2.68 bits per heavy atom. The van der Waals surface area contributed by atoms with E-state index in [1.807, 2.05) is 31.3 Å². The number of nitrogens with zero attached hydrogens (tertiary/aromatic N) is 7. The number of anilines is 1. The van der Waals surface area contributed by atoms with Gasteiger partial charge in [0.1, 0.15) is 11.4 Å². The molecule has 174 valence electrons. The normalized spacial score (nSPS) is 17.7. The number of carbonyl (C=O) groups is 1. The minimum absolute atomic E-state index is 0.270. The lowest BCUT2D eigenvalue weighted by Crippen LogP contribution is -2.44. The zero-order chi connectivity index (χ0) is 23.1. The second-order valence-electron chi connectivity index (χ2n) is 9.36. The second-order valence-corrected chi connectivity index (χ2v) is 9.36. The summed E-state index contributed by atoms with van der Waals surface area (Å²) in [5.41, 5.74) is 3.01. The molecule has 5 heterocycles. The van der Waals surface area contributed by atoms with Crippen LogP contribution in [0.1, 0.15) is 59.6 Å². The second kappa shape index (κ2) is 8.64. The Bertz CT molecular complexity index is 1310. The number of rotatable bonds is 5. The monoisotopic (exact) mass is 456 g/mol. The van der Waals surface area contributed by atoms with Crippen molar-refractivity contribution >= 4 is 17.4 Å². The van der Waals surface area contributed by atoms with Crippen molar-refractivity contribution in [3.63, 3.8) is 0 Å². The zero-order valence-corrected chi connectivity index (χ0v) is 19.3. The summed E-state index contributed by atoms with van der Waals surface area (Å²) in [6.07, 6.45) is 13.0. The first-order chi connectivity index (χ1) is 16.7. The maximum Gasteiger partial charge on any atom is 0.262 e. The number of aromatic nitrogens is 6. The third-order valence-electron chi connectivity index (χ3n) is 7.15. The van der Waals surface area contributed by atoms with Crippen LogP contribution in [0.5, 0.6) is 0 Å². The predicted octanol–water partition coefficient (Wildman–Crippen LogP) is 3.60. The summed E-state index contributed by atoms with van der Waals surface area (Å²) in [7, 11) is 0. The van der Waals surface area contributed by atoms with Crippen LogP contribution in [0.2, 0.25) is 0 Å². The molecule has 2 aliphatic rings. The van der Waals surface area contributed by atoms with Crippen LogP contribution in [0, 0.1) is 6.92 Å². The number of carbonyl (C=O) groups excluding carboxylic acids is 1. The number of fused-ring (bicyclic) bond motifs is 1. The lowest BCUT2D eigenvalue weighted by molar-refractivity contribution is 0.0969. The molecular weight excluding hydrogens is 428 g/mol. The van der Waals surface area contributed by atoms with Crippen LogP contribution < -0.4 is 5.32 Å². The fraction of sp³-hybridized carbons (Fsp3) is 0.400. The Kier molecular flexibility index (Phi) is 5.33. The lowest BCUT2D eigenvalue weighted by atomic mass is 9.87. The molecule has 0 aromatic carbocycles. The molecule has 1 N–H and O–H groups in total. The molecule has 0 bridgehead atoms. The zero-order valence-electron chi connectivity index (χ0n) is 19.3. The quantitative estimate of drug-likeness (QED) is 0.493. The number of nitrogens with one attached hydrogen (secondary N) is 1. The molecule has 1 aliphatic carbocycles. The molecule has 0 radical (unpaired) electrons. The van der Waals surface area contributed by atoms with Gasteiger partial charge in [-0.15, -0.1) is 0 Å². The number of piperidine rings is 1. The van der Waals surface area contributed by atoms with Crippen molar-refractivity contribution < 1.29 is 4.79 Å². The fourth-order valence-electron chi connectivity index (χ4n) is 4.93.